The van der Waals surface area contributed by atoms with Crippen LogP contribution in [-0.4, -0.2) is 7.11 Å². The lowest BCUT2D eigenvalue weighted by Gasteiger charge is -1.96. The molecule has 0 saturated carbocycles. The van der Waals surface area contributed by atoms with E-state index in [4.69, 9.17) is 10.5 Å². The zero-order chi connectivity index (χ0) is 7.56. The lowest BCUT2D eigenvalue weighted by atomic mass is 10.3. The predicted octanol–water partition coefficient (Wildman–Crippen LogP) is 1.79. The molecule has 0 aliphatic rings. The smallest absolute Gasteiger partial charge is 0.0826 e. The van der Waals surface area contributed by atoms with Crippen molar-refractivity contribution in [1.82, 2.24) is 0 Å². The zero-order valence-corrected chi connectivity index (χ0v) is 6.99. The molecule has 0 spiro atoms. The van der Waals surface area contributed by atoms with Gasteiger partial charge in [0.05, 0.1) is 17.2 Å². The second-order valence-corrected chi connectivity index (χ2v) is 3.15. The molecule has 10 heavy (non-hydrogen) atoms. The summed E-state index contributed by atoms with van der Waals surface area (Å²) in [4.78, 5) is 1.13. The molecule has 1 aromatic rings. The second-order valence-electron chi connectivity index (χ2n) is 2.19. The summed E-state index contributed by atoms with van der Waals surface area (Å²) in [5, 5.41) is 2.05. The lowest BCUT2D eigenvalue weighted by Crippen LogP contribution is -1.91. The van der Waals surface area contributed by atoms with Gasteiger partial charge in [0.1, 0.15) is 0 Å². The Bertz CT molecular complexity index is 219. The van der Waals surface area contributed by atoms with Gasteiger partial charge in [-0.2, -0.15) is 0 Å². The number of hydrogen-bond acceptors (Lipinski definition) is 3. The quantitative estimate of drug-likeness (QED) is 0.710. The van der Waals surface area contributed by atoms with Gasteiger partial charge in [-0.3, -0.25) is 0 Å². The number of thiophene rings is 1. The molecule has 0 unspecified atom stereocenters. The van der Waals surface area contributed by atoms with Crippen LogP contribution in [0.1, 0.15) is 10.4 Å². The first-order valence-electron chi connectivity index (χ1n) is 3.07. The third-order valence-electron chi connectivity index (χ3n) is 1.38. The van der Waals surface area contributed by atoms with E-state index in [1.807, 2.05) is 12.3 Å². The number of aryl methyl sites for hydroxylation is 1. The maximum absolute atomic E-state index is 5.72. The molecule has 0 fully saturated rings. The van der Waals surface area contributed by atoms with Crippen molar-refractivity contribution < 1.29 is 4.74 Å². The molecule has 0 amide bonds. The Hall–Kier alpha value is -0.540. The van der Waals surface area contributed by atoms with E-state index >= 15 is 0 Å². The summed E-state index contributed by atoms with van der Waals surface area (Å²) in [5.41, 5.74) is 7.75. The van der Waals surface area contributed by atoms with Crippen molar-refractivity contribution >= 4 is 17.0 Å². The fourth-order valence-electron chi connectivity index (χ4n) is 0.749. The molecule has 1 heterocycles. The molecule has 0 radical (unpaired) electrons. The highest BCUT2D eigenvalue weighted by Crippen LogP contribution is 2.24. The number of rotatable bonds is 2. The summed E-state index contributed by atoms with van der Waals surface area (Å²) in [7, 11) is 1.68. The molecule has 0 aromatic carbocycles. The second kappa shape index (κ2) is 3.03. The Morgan fingerprint density at radius 1 is 1.70 bits per heavy atom. The maximum atomic E-state index is 5.72. The highest BCUT2D eigenvalue weighted by Gasteiger charge is 2.02. The van der Waals surface area contributed by atoms with Crippen molar-refractivity contribution in [2.24, 2.45) is 0 Å². The van der Waals surface area contributed by atoms with Crippen LogP contribution in [0.25, 0.3) is 0 Å². The van der Waals surface area contributed by atoms with E-state index in [9.17, 15) is 0 Å². The minimum Gasteiger partial charge on any atom is -0.398 e. The maximum Gasteiger partial charge on any atom is 0.0826 e. The summed E-state index contributed by atoms with van der Waals surface area (Å²) in [6.07, 6.45) is 0. The summed E-state index contributed by atoms with van der Waals surface area (Å²) < 4.78 is 4.95. The lowest BCUT2D eigenvalue weighted by molar-refractivity contribution is 0.188. The Kier molecular flexibility index (Phi) is 2.29. The standard InChI is InChI=1S/C7H11NOS/c1-5-4-10-6(3-9-2)7(5)8/h4H,3,8H2,1-2H3. The molecule has 0 atom stereocenters. The monoisotopic (exact) mass is 157 g/mol. The Labute approximate surface area is 64.6 Å². The molecular formula is C7H11NOS. The number of methoxy groups -OCH3 is 1. The van der Waals surface area contributed by atoms with Gasteiger partial charge in [0.25, 0.3) is 0 Å². The highest BCUT2D eigenvalue weighted by atomic mass is 32.1. The van der Waals surface area contributed by atoms with Crippen molar-refractivity contribution in [2.75, 3.05) is 12.8 Å². The van der Waals surface area contributed by atoms with Crippen molar-refractivity contribution in [1.29, 1.82) is 0 Å². The first-order valence-corrected chi connectivity index (χ1v) is 3.95. The first kappa shape index (κ1) is 7.57. The third kappa shape index (κ3) is 1.30. The fraction of sp³-hybridized carbons (Fsp3) is 0.429. The minimum absolute atomic E-state index is 0.629. The van der Waals surface area contributed by atoms with E-state index in [1.165, 1.54) is 0 Å². The van der Waals surface area contributed by atoms with Gasteiger partial charge in [-0.15, -0.1) is 11.3 Å². The molecular weight excluding hydrogens is 146 g/mol. The largest absolute Gasteiger partial charge is 0.398 e. The van der Waals surface area contributed by atoms with E-state index in [0.717, 1.165) is 16.1 Å². The van der Waals surface area contributed by atoms with E-state index in [1.54, 1.807) is 18.4 Å². The third-order valence-corrected chi connectivity index (χ3v) is 2.47. The topological polar surface area (TPSA) is 35.2 Å². The van der Waals surface area contributed by atoms with Gasteiger partial charge in [-0.1, -0.05) is 0 Å². The average molecular weight is 157 g/mol. The van der Waals surface area contributed by atoms with Crippen molar-refractivity contribution in [3.05, 3.63) is 15.8 Å². The molecule has 56 valence electrons. The molecule has 3 heteroatoms. The van der Waals surface area contributed by atoms with Crippen LogP contribution in [0.15, 0.2) is 5.38 Å². The van der Waals surface area contributed by atoms with Crippen LogP contribution < -0.4 is 5.73 Å². The molecule has 1 aromatic heterocycles. The Morgan fingerprint density at radius 2 is 2.40 bits per heavy atom. The first-order chi connectivity index (χ1) is 4.75. The van der Waals surface area contributed by atoms with E-state index in [2.05, 4.69) is 0 Å². The molecule has 2 N–H and O–H groups in total. The molecule has 2 nitrogen and oxygen atoms in total. The van der Waals surface area contributed by atoms with Crippen LogP contribution in [-0.2, 0) is 11.3 Å². The minimum atomic E-state index is 0.629. The zero-order valence-electron chi connectivity index (χ0n) is 6.18. The summed E-state index contributed by atoms with van der Waals surface area (Å²) in [6.45, 7) is 2.63. The van der Waals surface area contributed by atoms with Crippen molar-refractivity contribution in [3.63, 3.8) is 0 Å². The summed E-state index contributed by atoms with van der Waals surface area (Å²) in [5.74, 6) is 0. The van der Waals surface area contributed by atoms with Crippen molar-refractivity contribution in [3.8, 4) is 0 Å². The van der Waals surface area contributed by atoms with Gasteiger partial charge in [0.2, 0.25) is 0 Å². The molecule has 0 aliphatic carbocycles. The van der Waals surface area contributed by atoms with E-state index in [0.29, 0.717) is 6.61 Å². The summed E-state index contributed by atoms with van der Waals surface area (Å²) in [6, 6.07) is 0. The Balaban J connectivity index is 2.83. The van der Waals surface area contributed by atoms with Gasteiger partial charge >= 0.3 is 0 Å². The van der Waals surface area contributed by atoms with E-state index < -0.39 is 0 Å². The van der Waals surface area contributed by atoms with Crippen LogP contribution in [0.2, 0.25) is 0 Å². The van der Waals surface area contributed by atoms with Crippen LogP contribution in [0.4, 0.5) is 5.69 Å². The van der Waals surface area contributed by atoms with Gasteiger partial charge in [0, 0.05) is 7.11 Å². The van der Waals surface area contributed by atoms with Gasteiger partial charge in [0.15, 0.2) is 0 Å². The molecule has 0 saturated heterocycles. The average Bonchev–Trinajstić information content (AvgIpc) is 2.20. The molecule has 0 bridgehead atoms. The van der Waals surface area contributed by atoms with Gasteiger partial charge in [-0.25, -0.2) is 0 Å². The number of anilines is 1. The normalized spacial score (nSPS) is 10.2. The van der Waals surface area contributed by atoms with Gasteiger partial charge in [-0.05, 0) is 17.9 Å². The van der Waals surface area contributed by atoms with Crippen LogP contribution in [0.3, 0.4) is 0 Å². The highest BCUT2D eigenvalue weighted by molar-refractivity contribution is 7.10. The van der Waals surface area contributed by atoms with Crippen LogP contribution >= 0.6 is 11.3 Å². The number of nitrogens with two attached hydrogens (primary N) is 1. The van der Waals surface area contributed by atoms with Crippen LogP contribution in [0.5, 0.6) is 0 Å². The number of ether oxygens (including phenoxy) is 1. The number of hydrogen-bond donors (Lipinski definition) is 1. The predicted molar refractivity (Wildman–Crippen MR) is 44.2 cm³/mol. The van der Waals surface area contributed by atoms with Crippen molar-refractivity contribution in [2.45, 2.75) is 13.5 Å². The molecule has 1 rings (SSSR count). The summed E-state index contributed by atoms with van der Waals surface area (Å²) >= 11 is 1.65. The number of nitrogen functional groups attached to an aromatic ring is 1. The van der Waals surface area contributed by atoms with Crippen LogP contribution in [0, 0.1) is 6.92 Å². The van der Waals surface area contributed by atoms with Gasteiger partial charge < -0.3 is 10.5 Å². The SMILES string of the molecule is COCc1scc(C)c1N. The molecule has 0 aliphatic heterocycles. The Morgan fingerprint density at radius 3 is 2.80 bits per heavy atom. The fourth-order valence-corrected chi connectivity index (χ4v) is 1.67. The van der Waals surface area contributed by atoms with E-state index in [-0.39, 0.29) is 0 Å².